The molecule has 2 heterocycles. The number of unbranched alkanes of at least 4 members (excludes halogenated alkanes) is 8. The normalized spacial score (nSPS) is 20.7. The third-order valence-electron chi connectivity index (χ3n) is 9.39. The van der Waals surface area contributed by atoms with Crippen LogP contribution in [0.5, 0.6) is 0 Å². The van der Waals surface area contributed by atoms with Crippen molar-refractivity contribution in [3.63, 3.8) is 0 Å². The summed E-state index contributed by atoms with van der Waals surface area (Å²) in [6.45, 7) is 18.4. The number of aliphatic hydroxyl groups excluding tert-OH is 1. The number of hydrogen-bond donors (Lipinski definition) is 1. The van der Waals surface area contributed by atoms with Crippen molar-refractivity contribution in [2.24, 2.45) is 11.8 Å². The summed E-state index contributed by atoms with van der Waals surface area (Å²) >= 11 is 0. The molecule has 4 nitrogen and oxygen atoms in total. The Balaban J connectivity index is 1.51. The average molecular weight is 494 g/mol. The Morgan fingerprint density at radius 2 is 1.26 bits per heavy atom. The van der Waals surface area contributed by atoms with E-state index in [0.29, 0.717) is 5.54 Å². The molecule has 0 amide bonds. The SMILES string of the molecule is CCCCCCCN1CCC(C(C)CC(C)(C)N(C)CCCCCCCN2CCC(O)CC2)CC1. The molecule has 1 atom stereocenters. The van der Waals surface area contributed by atoms with Gasteiger partial charge in [0.15, 0.2) is 0 Å². The second-order valence-electron chi connectivity index (χ2n) is 12.8. The van der Waals surface area contributed by atoms with Crippen molar-refractivity contribution in [2.75, 3.05) is 52.9 Å². The van der Waals surface area contributed by atoms with E-state index in [1.54, 1.807) is 0 Å². The van der Waals surface area contributed by atoms with Crippen LogP contribution in [-0.4, -0.2) is 84.3 Å². The van der Waals surface area contributed by atoms with Gasteiger partial charge in [-0.05, 0) is 117 Å². The molecule has 2 aliphatic rings. The van der Waals surface area contributed by atoms with Gasteiger partial charge in [0.25, 0.3) is 0 Å². The van der Waals surface area contributed by atoms with E-state index < -0.39 is 0 Å². The Bertz CT molecular complexity index is 509. The van der Waals surface area contributed by atoms with Crippen LogP contribution in [0.3, 0.4) is 0 Å². The van der Waals surface area contributed by atoms with Gasteiger partial charge in [-0.1, -0.05) is 58.8 Å². The lowest BCUT2D eigenvalue weighted by atomic mass is 9.78. The fraction of sp³-hybridized carbons (Fsp3) is 1.00. The molecule has 0 aromatic heterocycles. The van der Waals surface area contributed by atoms with Crippen LogP contribution in [0.2, 0.25) is 0 Å². The summed E-state index contributed by atoms with van der Waals surface area (Å²) in [5, 5.41) is 9.64. The van der Waals surface area contributed by atoms with Gasteiger partial charge in [-0.15, -0.1) is 0 Å². The van der Waals surface area contributed by atoms with E-state index in [4.69, 9.17) is 0 Å². The molecule has 0 bridgehead atoms. The van der Waals surface area contributed by atoms with Gasteiger partial charge in [0.05, 0.1) is 6.10 Å². The van der Waals surface area contributed by atoms with Crippen LogP contribution in [0.1, 0.15) is 124 Å². The Labute approximate surface area is 220 Å². The monoisotopic (exact) mass is 493 g/mol. The highest BCUT2D eigenvalue weighted by Gasteiger charge is 2.31. The summed E-state index contributed by atoms with van der Waals surface area (Å²) in [4.78, 5) is 7.93. The minimum Gasteiger partial charge on any atom is -0.393 e. The van der Waals surface area contributed by atoms with Gasteiger partial charge in [0.2, 0.25) is 0 Å². The topological polar surface area (TPSA) is 30.0 Å². The molecule has 2 saturated heterocycles. The molecule has 0 aromatic rings. The Hall–Kier alpha value is -0.160. The number of hydrogen-bond acceptors (Lipinski definition) is 4. The predicted molar refractivity (Wildman–Crippen MR) is 153 cm³/mol. The molecule has 0 spiro atoms. The minimum atomic E-state index is -0.0431. The van der Waals surface area contributed by atoms with E-state index in [1.165, 1.54) is 116 Å². The number of rotatable bonds is 18. The van der Waals surface area contributed by atoms with Gasteiger partial charge in [-0.25, -0.2) is 0 Å². The van der Waals surface area contributed by atoms with E-state index in [-0.39, 0.29) is 6.10 Å². The van der Waals surface area contributed by atoms with E-state index >= 15 is 0 Å². The molecule has 0 saturated carbocycles. The van der Waals surface area contributed by atoms with Crippen LogP contribution in [-0.2, 0) is 0 Å². The molecule has 1 unspecified atom stereocenters. The largest absolute Gasteiger partial charge is 0.393 e. The zero-order valence-corrected chi connectivity index (χ0v) is 24.6. The average Bonchev–Trinajstić information content (AvgIpc) is 2.84. The van der Waals surface area contributed by atoms with E-state index in [9.17, 15) is 5.11 Å². The molecule has 0 aliphatic carbocycles. The first kappa shape index (κ1) is 31.1. The summed E-state index contributed by atoms with van der Waals surface area (Å²) in [7, 11) is 2.36. The lowest BCUT2D eigenvalue weighted by Gasteiger charge is -2.41. The van der Waals surface area contributed by atoms with Crippen LogP contribution < -0.4 is 0 Å². The number of piperidine rings is 2. The van der Waals surface area contributed by atoms with Gasteiger partial charge in [0, 0.05) is 18.6 Å². The summed E-state index contributed by atoms with van der Waals surface area (Å²) in [5.74, 6) is 1.75. The quantitative estimate of drug-likeness (QED) is 0.212. The van der Waals surface area contributed by atoms with Gasteiger partial charge >= 0.3 is 0 Å². The second-order valence-corrected chi connectivity index (χ2v) is 12.8. The molecular formula is C31H63N3O. The van der Waals surface area contributed by atoms with Crippen LogP contribution in [0.4, 0.5) is 0 Å². The molecule has 2 aliphatic heterocycles. The lowest BCUT2D eigenvalue weighted by molar-refractivity contribution is 0.0815. The van der Waals surface area contributed by atoms with Crippen molar-refractivity contribution in [2.45, 2.75) is 136 Å². The van der Waals surface area contributed by atoms with E-state index in [2.05, 4.69) is 49.4 Å². The molecule has 1 N–H and O–H groups in total. The zero-order chi connectivity index (χ0) is 25.5. The second kappa shape index (κ2) is 17.4. The fourth-order valence-electron chi connectivity index (χ4n) is 6.46. The first-order valence-electron chi connectivity index (χ1n) is 15.7. The van der Waals surface area contributed by atoms with Crippen molar-refractivity contribution in [3.05, 3.63) is 0 Å². The summed E-state index contributed by atoms with van der Waals surface area (Å²) in [6.07, 6.45) is 19.8. The molecule has 2 fully saturated rings. The van der Waals surface area contributed by atoms with Crippen LogP contribution >= 0.6 is 0 Å². The van der Waals surface area contributed by atoms with Gasteiger partial charge in [-0.3, -0.25) is 0 Å². The molecule has 4 heteroatoms. The maximum atomic E-state index is 9.64. The van der Waals surface area contributed by atoms with Crippen molar-refractivity contribution in [1.29, 1.82) is 0 Å². The highest BCUT2D eigenvalue weighted by Crippen LogP contribution is 2.33. The van der Waals surface area contributed by atoms with E-state index in [1.807, 2.05) is 0 Å². The zero-order valence-electron chi connectivity index (χ0n) is 24.6. The van der Waals surface area contributed by atoms with Gasteiger partial charge < -0.3 is 19.8 Å². The molecule has 0 aromatic carbocycles. The predicted octanol–water partition coefficient (Wildman–Crippen LogP) is 6.81. The molecule has 0 radical (unpaired) electrons. The first-order valence-corrected chi connectivity index (χ1v) is 15.7. The highest BCUT2D eigenvalue weighted by atomic mass is 16.3. The van der Waals surface area contributed by atoms with Gasteiger partial charge in [-0.2, -0.15) is 0 Å². The summed E-state index contributed by atoms with van der Waals surface area (Å²) in [5.41, 5.74) is 0.300. The Kier molecular flexibility index (Phi) is 15.4. The molecular weight excluding hydrogens is 430 g/mol. The number of likely N-dealkylation sites (tertiary alicyclic amines) is 2. The van der Waals surface area contributed by atoms with Crippen molar-refractivity contribution in [1.82, 2.24) is 14.7 Å². The van der Waals surface area contributed by atoms with Crippen molar-refractivity contribution in [3.8, 4) is 0 Å². The van der Waals surface area contributed by atoms with Gasteiger partial charge in [0.1, 0.15) is 0 Å². The molecule has 208 valence electrons. The third-order valence-corrected chi connectivity index (χ3v) is 9.39. The molecule has 2 rings (SSSR count). The fourth-order valence-corrected chi connectivity index (χ4v) is 6.46. The number of aliphatic hydroxyl groups is 1. The van der Waals surface area contributed by atoms with Crippen LogP contribution in [0.15, 0.2) is 0 Å². The Morgan fingerprint density at radius 1 is 0.771 bits per heavy atom. The number of nitrogens with zero attached hydrogens (tertiary/aromatic N) is 3. The first-order chi connectivity index (χ1) is 16.8. The lowest BCUT2D eigenvalue weighted by Crippen LogP contribution is -2.44. The standard InChI is InChI=1S/C31H63N3O/c1-6-7-8-10-14-21-33-23-16-29(17-24-33)28(2)27-31(3,4)32(5)20-13-11-9-12-15-22-34-25-18-30(35)19-26-34/h28-30,35H,6-27H2,1-5H3. The maximum Gasteiger partial charge on any atom is 0.0564 e. The maximum absolute atomic E-state index is 9.64. The minimum absolute atomic E-state index is 0.0431. The summed E-state index contributed by atoms with van der Waals surface area (Å²) in [6, 6.07) is 0. The third kappa shape index (κ3) is 12.8. The Morgan fingerprint density at radius 3 is 1.83 bits per heavy atom. The molecule has 35 heavy (non-hydrogen) atoms. The summed E-state index contributed by atoms with van der Waals surface area (Å²) < 4.78 is 0. The van der Waals surface area contributed by atoms with E-state index in [0.717, 1.165) is 37.8 Å². The van der Waals surface area contributed by atoms with Crippen LogP contribution in [0.25, 0.3) is 0 Å². The van der Waals surface area contributed by atoms with Crippen molar-refractivity contribution >= 4 is 0 Å². The van der Waals surface area contributed by atoms with Crippen molar-refractivity contribution < 1.29 is 5.11 Å². The smallest absolute Gasteiger partial charge is 0.0564 e. The van der Waals surface area contributed by atoms with Crippen LogP contribution in [0, 0.1) is 11.8 Å². The highest BCUT2D eigenvalue weighted by molar-refractivity contribution is 4.85.